The lowest BCUT2D eigenvalue weighted by atomic mass is 9.86. The Morgan fingerprint density at radius 2 is 1.39 bits per heavy atom. The van der Waals surface area contributed by atoms with E-state index < -0.39 is 0 Å². The normalized spacial score (nSPS) is 17.7. The molecule has 0 saturated heterocycles. The first kappa shape index (κ1) is 14.8. The third kappa shape index (κ3) is 3.13. The van der Waals surface area contributed by atoms with E-state index in [9.17, 15) is 0 Å². The summed E-state index contributed by atoms with van der Waals surface area (Å²) in [5.41, 5.74) is 1.54. The second-order valence-corrected chi connectivity index (χ2v) is 6.96. The van der Waals surface area contributed by atoms with Crippen molar-refractivity contribution in [1.29, 1.82) is 0 Å². The van der Waals surface area contributed by atoms with Crippen molar-refractivity contribution in [3.63, 3.8) is 0 Å². The van der Waals surface area contributed by atoms with E-state index in [2.05, 4.69) is 61.0 Å². The van der Waals surface area contributed by atoms with Crippen LogP contribution in [0.5, 0.6) is 0 Å². The summed E-state index contributed by atoms with van der Waals surface area (Å²) in [6.07, 6.45) is 12.1. The van der Waals surface area contributed by atoms with Crippen LogP contribution in [0.2, 0.25) is 0 Å². The summed E-state index contributed by atoms with van der Waals surface area (Å²) in [5.74, 6) is 0.623. The fourth-order valence-electron chi connectivity index (χ4n) is 4.07. The fraction of sp³-hybridized carbons (Fsp3) is 0.348. The van der Waals surface area contributed by atoms with Crippen molar-refractivity contribution in [2.24, 2.45) is 0 Å². The molecule has 1 fully saturated rings. The van der Waals surface area contributed by atoms with Gasteiger partial charge in [-0.05, 0) is 64.4 Å². The molecule has 1 unspecified atom stereocenters. The molecule has 1 radical (unpaired) electrons. The molecule has 0 nitrogen and oxygen atoms in total. The molecule has 23 heavy (non-hydrogen) atoms. The zero-order chi connectivity index (χ0) is 15.5. The standard InChI is InChI=1S/C23H25/c1-2-4-6-11-18(10-5-3-1)22-15-9-14-21-16-19-12-7-8-13-20(19)17-23(21)22/h7-10,12-18H,1-6,11H2. The van der Waals surface area contributed by atoms with Gasteiger partial charge in [0, 0.05) is 0 Å². The molecule has 3 aromatic rings. The topological polar surface area (TPSA) is 0 Å². The molecule has 117 valence electrons. The van der Waals surface area contributed by atoms with E-state index in [4.69, 9.17) is 0 Å². The van der Waals surface area contributed by atoms with Gasteiger partial charge in [0.1, 0.15) is 0 Å². The lowest BCUT2D eigenvalue weighted by Crippen LogP contribution is -2.01. The number of rotatable bonds is 1. The molecule has 1 aliphatic carbocycles. The van der Waals surface area contributed by atoms with Crippen LogP contribution in [0.1, 0.15) is 56.4 Å². The smallest absolute Gasteiger partial charge is 0.0125 e. The number of benzene rings is 3. The average molecular weight is 301 g/mol. The predicted octanol–water partition coefficient (Wildman–Crippen LogP) is 7.03. The minimum Gasteiger partial charge on any atom is -0.0616 e. The van der Waals surface area contributed by atoms with Crippen LogP contribution in [-0.2, 0) is 0 Å². The van der Waals surface area contributed by atoms with Gasteiger partial charge in [0.25, 0.3) is 0 Å². The molecule has 1 aliphatic rings. The monoisotopic (exact) mass is 301 g/mol. The van der Waals surface area contributed by atoms with Gasteiger partial charge in [-0.25, -0.2) is 0 Å². The molecular weight excluding hydrogens is 276 g/mol. The quantitative estimate of drug-likeness (QED) is 0.423. The van der Waals surface area contributed by atoms with E-state index in [0.717, 1.165) is 0 Å². The second kappa shape index (κ2) is 6.74. The van der Waals surface area contributed by atoms with Gasteiger partial charge in [0.2, 0.25) is 0 Å². The molecule has 0 spiro atoms. The Hall–Kier alpha value is -1.82. The molecule has 0 aromatic heterocycles. The van der Waals surface area contributed by atoms with Gasteiger partial charge in [0.15, 0.2) is 0 Å². The van der Waals surface area contributed by atoms with E-state index in [1.165, 1.54) is 72.1 Å². The molecule has 4 rings (SSSR count). The Bertz CT molecular complexity index is 789. The van der Waals surface area contributed by atoms with Gasteiger partial charge < -0.3 is 0 Å². The third-order valence-corrected chi connectivity index (χ3v) is 5.35. The average Bonchev–Trinajstić information content (AvgIpc) is 2.73. The number of hydrogen-bond acceptors (Lipinski definition) is 0. The minimum atomic E-state index is 0.623. The summed E-state index contributed by atoms with van der Waals surface area (Å²) in [6.45, 7) is 0. The highest BCUT2D eigenvalue weighted by Crippen LogP contribution is 2.35. The highest BCUT2D eigenvalue weighted by Gasteiger charge is 2.16. The highest BCUT2D eigenvalue weighted by molar-refractivity contribution is 5.99. The molecule has 0 bridgehead atoms. The summed E-state index contributed by atoms with van der Waals surface area (Å²) < 4.78 is 0. The van der Waals surface area contributed by atoms with Crippen molar-refractivity contribution in [2.45, 2.75) is 50.9 Å². The van der Waals surface area contributed by atoms with E-state index in [1.54, 1.807) is 0 Å². The summed E-state index contributed by atoms with van der Waals surface area (Å²) >= 11 is 0. The van der Waals surface area contributed by atoms with Crippen LogP contribution in [0.4, 0.5) is 0 Å². The summed E-state index contributed by atoms with van der Waals surface area (Å²) in [5, 5.41) is 5.53. The lowest BCUT2D eigenvalue weighted by Gasteiger charge is -2.19. The van der Waals surface area contributed by atoms with Crippen LogP contribution in [0.15, 0.2) is 54.6 Å². The van der Waals surface area contributed by atoms with E-state index in [0.29, 0.717) is 5.92 Å². The first-order chi connectivity index (χ1) is 11.4. The van der Waals surface area contributed by atoms with Crippen LogP contribution in [0.25, 0.3) is 21.5 Å². The van der Waals surface area contributed by atoms with Gasteiger partial charge >= 0.3 is 0 Å². The minimum absolute atomic E-state index is 0.623. The van der Waals surface area contributed by atoms with Gasteiger partial charge in [-0.3, -0.25) is 0 Å². The Morgan fingerprint density at radius 1 is 0.652 bits per heavy atom. The molecular formula is C23H25. The molecule has 1 atom stereocenters. The van der Waals surface area contributed by atoms with Gasteiger partial charge in [-0.1, -0.05) is 74.6 Å². The SMILES string of the molecule is [CH]1CCCCCCCC1c1cccc2cc3ccccc3cc12. The Kier molecular flexibility index (Phi) is 4.33. The predicted molar refractivity (Wildman–Crippen MR) is 101 cm³/mol. The molecule has 0 N–H and O–H groups in total. The van der Waals surface area contributed by atoms with Crippen molar-refractivity contribution >= 4 is 21.5 Å². The van der Waals surface area contributed by atoms with Crippen molar-refractivity contribution in [1.82, 2.24) is 0 Å². The van der Waals surface area contributed by atoms with Crippen molar-refractivity contribution in [3.8, 4) is 0 Å². The molecule has 0 amide bonds. The molecule has 0 heterocycles. The van der Waals surface area contributed by atoms with Gasteiger partial charge in [-0.2, -0.15) is 0 Å². The van der Waals surface area contributed by atoms with Crippen molar-refractivity contribution < 1.29 is 0 Å². The first-order valence-corrected chi connectivity index (χ1v) is 9.16. The first-order valence-electron chi connectivity index (χ1n) is 9.16. The zero-order valence-corrected chi connectivity index (χ0v) is 13.8. The Morgan fingerprint density at radius 3 is 2.30 bits per heavy atom. The van der Waals surface area contributed by atoms with Crippen LogP contribution in [-0.4, -0.2) is 0 Å². The maximum absolute atomic E-state index is 2.59. The van der Waals surface area contributed by atoms with Crippen LogP contribution in [0.3, 0.4) is 0 Å². The van der Waals surface area contributed by atoms with Gasteiger partial charge in [0.05, 0.1) is 0 Å². The van der Waals surface area contributed by atoms with Crippen LogP contribution in [0, 0.1) is 6.42 Å². The highest BCUT2D eigenvalue weighted by atomic mass is 14.2. The van der Waals surface area contributed by atoms with Crippen LogP contribution < -0.4 is 0 Å². The fourth-order valence-corrected chi connectivity index (χ4v) is 4.07. The Balaban J connectivity index is 1.79. The summed E-state index contributed by atoms with van der Waals surface area (Å²) in [4.78, 5) is 0. The largest absolute Gasteiger partial charge is 0.0616 e. The van der Waals surface area contributed by atoms with Crippen LogP contribution >= 0.6 is 0 Å². The zero-order valence-electron chi connectivity index (χ0n) is 13.8. The van der Waals surface area contributed by atoms with Crippen molar-refractivity contribution in [3.05, 3.63) is 66.6 Å². The van der Waals surface area contributed by atoms with E-state index in [-0.39, 0.29) is 0 Å². The maximum Gasteiger partial charge on any atom is -0.0125 e. The van der Waals surface area contributed by atoms with Gasteiger partial charge in [-0.15, -0.1) is 0 Å². The second-order valence-electron chi connectivity index (χ2n) is 6.96. The summed E-state index contributed by atoms with van der Waals surface area (Å²) in [7, 11) is 0. The molecule has 0 heteroatoms. The van der Waals surface area contributed by atoms with E-state index in [1.807, 2.05) is 0 Å². The number of fused-ring (bicyclic) bond motifs is 2. The van der Waals surface area contributed by atoms with E-state index >= 15 is 0 Å². The molecule has 0 aliphatic heterocycles. The van der Waals surface area contributed by atoms with Crippen molar-refractivity contribution in [2.75, 3.05) is 0 Å². The lowest BCUT2D eigenvalue weighted by molar-refractivity contribution is 0.604. The summed E-state index contributed by atoms with van der Waals surface area (Å²) in [6, 6.07) is 20.3. The molecule has 1 saturated carbocycles. The molecule has 3 aromatic carbocycles. The number of hydrogen-bond donors (Lipinski definition) is 0. The Labute approximate surface area is 139 Å². The maximum atomic E-state index is 2.59. The third-order valence-electron chi connectivity index (χ3n) is 5.35.